The second kappa shape index (κ2) is 10.9. The smallest absolute Gasteiger partial charge is 0.217 e. The number of carbonyl (C=O) groups excluding carboxylic acids is 1. The molecule has 1 atom stereocenters. The van der Waals surface area contributed by atoms with E-state index in [9.17, 15) is 4.79 Å². The number of hydrogen-bond donors (Lipinski definition) is 3. The lowest BCUT2D eigenvalue weighted by Gasteiger charge is -2.42. The topological polar surface area (TPSA) is 112 Å². The average molecular weight is 496 g/mol. The van der Waals surface area contributed by atoms with Gasteiger partial charge in [0.05, 0.1) is 35.5 Å². The van der Waals surface area contributed by atoms with Crippen LogP contribution in [0.1, 0.15) is 47.2 Å². The van der Waals surface area contributed by atoms with Gasteiger partial charge in [0, 0.05) is 48.9 Å². The molecule has 2 aromatic heterocycles. The van der Waals surface area contributed by atoms with Crippen molar-refractivity contribution in [2.24, 2.45) is 10.7 Å². The van der Waals surface area contributed by atoms with E-state index in [1.54, 1.807) is 0 Å². The maximum atomic E-state index is 10.9. The van der Waals surface area contributed by atoms with Gasteiger partial charge in [0.15, 0.2) is 0 Å². The molecule has 5 rings (SSSR count). The number of aromatic nitrogens is 2. The third-order valence-corrected chi connectivity index (χ3v) is 7.81. The number of hydrogen-bond acceptors (Lipinski definition) is 8. The van der Waals surface area contributed by atoms with Gasteiger partial charge in [0.2, 0.25) is 5.91 Å². The Hall–Kier alpha value is -2.79. The van der Waals surface area contributed by atoms with Gasteiger partial charge in [-0.05, 0) is 31.5 Å². The van der Waals surface area contributed by atoms with E-state index >= 15 is 0 Å². The summed E-state index contributed by atoms with van der Waals surface area (Å²) in [5.74, 6) is 0.749. The molecule has 1 aromatic carbocycles. The zero-order chi connectivity index (χ0) is 24.2. The van der Waals surface area contributed by atoms with Crippen molar-refractivity contribution in [1.82, 2.24) is 25.3 Å². The molecule has 4 heterocycles. The number of carbonyl (C=O) groups is 1. The predicted octanol–water partition coefficient (Wildman–Crippen LogP) is 3.11. The fourth-order valence-electron chi connectivity index (χ4n) is 4.87. The lowest BCUT2D eigenvalue weighted by atomic mass is 10.1. The summed E-state index contributed by atoms with van der Waals surface area (Å²) in [6.45, 7) is 5.03. The Balaban J connectivity index is 1.37. The monoisotopic (exact) mass is 495 g/mol. The minimum absolute atomic E-state index is 0.121. The first-order valence-electron chi connectivity index (χ1n) is 12.3. The minimum atomic E-state index is -0.217. The normalized spacial score (nSPS) is 18.6. The van der Waals surface area contributed by atoms with Gasteiger partial charge in [-0.1, -0.05) is 18.6 Å². The number of aliphatic imine (C=N–C) groups is 1. The lowest BCUT2D eigenvalue weighted by Crippen LogP contribution is -2.48. The summed E-state index contributed by atoms with van der Waals surface area (Å²) >= 11 is 1.84. The van der Waals surface area contributed by atoms with Gasteiger partial charge >= 0.3 is 0 Å². The number of nitrogens with two attached hydrogens (primary N) is 1. The van der Waals surface area contributed by atoms with Crippen molar-refractivity contribution >= 4 is 39.7 Å². The summed E-state index contributed by atoms with van der Waals surface area (Å²) in [6.07, 6.45) is 5.38. The van der Waals surface area contributed by atoms with Crippen LogP contribution in [0.2, 0.25) is 0 Å². The number of ether oxygens (including phenoxy) is 1. The fourth-order valence-corrected chi connectivity index (χ4v) is 6.12. The van der Waals surface area contributed by atoms with Crippen LogP contribution in [0, 0.1) is 0 Å². The van der Waals surface area contributed by atoms with Crippen LogP contribution in [-0.2, 0) is 16.1 Å². The first-order valence-corrected chi connectivity index (χ1v) is 13.1. The van der Waals surface area contributed by atoms with Crippen molar-refractivity contribution in [2.75, 3.05) is 39.9 Å². The first kappa shape index (κ1) is 23.9. The standard InChI is InChI=1S/C25H33N7O2S/c1-31-24(18-6-5-7-20-19(18)16-28-30-20)29-21-14-17(15-27-9-4-2-3-8-22(26)33)35-23(21)25(31)32-10-12-34-13-11-32/h5-7,14,16,25,27H,2-4,8-13,15H2,1H3,(H2,26,33)(H,28,30). The van der Waals surface area contributed by atoms with Gasteiger partial charge in [-0.15, -0.1) is 11.3 Å². The number of benzene rings is 1. The third kappa shape index (κ3) is 5.25. The number of primary amides is 1. The maximum absolute atomic E-state index is 10.9. The number of amides is 1. The van der Waals surface area contributed by atoms with Crippen LogP contribution < -0.4 is 11.1 Å². The molecule has 4 N–H and O–H groups in total. The third-order valence-electron chi connectivity index (χ3n) is 6.65. The number of unbranched alkanes of at least 4 members (excludes halogenated alkanes) is 2. The molecule has 1 unspecified atom stereocenters. The molecule has 1 fully saturated rings. The molecule has 2 aliphatic heterocycles. The second-order valence-electron chi connectivity index (χ2n) is 9.12. The molecule has 2 aliphatic rings. The molecular formula is C25H33N7O2S. The molecular weight excluding hydrogens is 462 g/mol. The van der Waals surface area contributed by atoms with Crippen LogP contribution in [0.4, 0.5) is 5.69 Å². The van der Waals surface area contributed by atoms with Gasteiger partial charge in [-0.25, -0.2) is 4.99 Å². The molecule has 0 spiro atoms. The number of morpholine rings is 1. The highest BCUT2D eigenvalue weighted by Gasteiger charge is 2.35. The van der Waals surface area contributed by atoms with Crippen LogP contribution in [-0.4, -0.2) is 71.6 Å². The molecule has 9 nitrogen and oxygen atoms in total. The van der Waals surface area contributed by atoms with Crippen molar-refractivity contribution in [3.8, 4) is 0 Å². The summed E-state index contributed by atoms with van der Waals surface area (Å²) in [4.78, 5) is 23.4. The molecule has 0 bridgehead atoms. The number of nitrogens with one attached hydrogen (secondary N) is 2. The Kier molecular flexibility index (Phi) is 7.43. The van der Waals surface area contributed by atoms with E-state index in [1.165, 1.54) is 9.75 Å². The van der Waals surface area contributed by atoms with Crippen molar-refractivity contribution in [3.63, 3.8) is 0 Å². The quantitative estimate of drug-likeness (QED) is 0.373. The Labute approximate surface area is 209 Å². The van der Waals surface area contributed by atoms with E-state index in [-0.39, 0.29) is 12.1 Å². The van der Waals surface area contributed by atoms with Crippen LogP contribution in [0.5, 0.6) is 0 Å². The number of aromatic amines is 1. The van der Waals surface area contributed by atoms with Gasteiger partial charge in [0.25, 0.3) is 0 Å². The summed E-state index contributed by atoms with van der Waals surface area (Å²) in [6, 6.07) is 8.46. The maximum Gasteiger partial charge on any atom is 0.217 e. The van der Waals surface area contributed by atoms with E-state index in [1.807, 2.05) is 23.6 Å². The number of fused-ring (bicyclic) bond motifs is 2. The predicted molar refractivity (Wildman–Crippen MR) is 139 cm³/mol. The van der Waals surface area contributed by atoms with Gasteiger partial charge in [0.1, 0.15) is 12.0 Å². The molecule has 1 saturated heterocycles. The highest BCUT2D eigenvalue weighted by Crippen LogP contribution is 2.43. The first-order chi connectivity index (χ1) is 17.1. The number of H-pyrrole nitrogens is 1. The Morgan fingerprint density at radius 1 is 1.29 bits per heavy atom. The van der Waals surface area contributed by atoms with Gasteiger partial charge in [-0.2, -0.15) is 5.10 Å². The van der Waals surface area contributed by atoms with Crippen molar-refractivity contribution in [2.45, 2.75) is 38.4 Å². The van der Waals surface area contributed by atoms with E-state index in [0.29, 0.717) is 6.42 Å². The molecule has 0 aliphatic carbocycles. The van der Waals surface area contributed by atoms with Gasteiger partial charge in [-0.3, -0.25) is 14.8 Å². The largest absolute Gasteiger partial charge is 0.379 e. The van der Waals surface area contributed by atoms with Gasteiger partial charge < -0.3 is 20.7 Å². The second-order valence-corrected chi connectivity index (χ2v) is 10.3. The Bertz CT molecular complexity index is 1200. The molecule has 1 amide bonds. The SMILES string of the molecule is CN1C(c2cccc3[nH]ncc23)=Nc2cc(CNCCCCCC(N)=O)sc2C1N1CCOCC1. The molecule has 3 aromatic rings. The Morgan fingerprint density at radius 2 is 2.14 bits per heavy atom. The number of thiophene rings is 1. The van der Waals surface area contributed by atoms with Crippen molar-refractivity contribution in [1.29, 1.82) is 0 Å². The lowest BCUT2D eigenvalue weighted by molar-refractivity contribution is -0.118. The summed E-state index contributed by atoms with van der Waals surface area (Å²) in [5, 5.41) is 12.0. The van der Waals surface area contributed by atoms with Crippen molar-refractivity contribution < 1.29 is 9.53 Å². The number of amidine groups is 1. The molecule has 0 radical (unpaired) electrons. The zero-order valence-electron chi connectivity index (χ0n) is 20.1. The number of rotatable bonds is 10. The van der Waals surface area contributed by atoms with E-state index < -0.39 is 0 Å². The number of nitrogens with zero attached hydrogens (tertiary/aromatic N) is 4. The fraction of sp³-hybridized carbons (Fsp3) is 0.480. The van der Waals surface area contributed by atoms with E-state index in [0.717, 1.165) is 86.6 Å². The molecule has 186 valence electrons. The molecule has 35 heavy (non-hydrogen) atoms. The summed E-state index contributed by atoms with van der Waals surface area (Å²) in [7, 11) is 2.14. The minimum Gasteiger partial charge on any atom is -0.379 e. The highest BCUT2D eigenvalue weighted by molar-refractivity contribution is 7.12. The van der Waals surface area contributed by atoms with Crippen LogP contribution in [0.3, 0.4) is 0 Å². The highest BCUT2D eigenvalue weighted by atomic mass is 32.1. The van der Waals surface area contributed by atoms with Crippen molar-refractivity contribution in [3.05, 3.63) is 45.8 Å². The summed E-state index contributed by atoms with van der Waals surface area (Å²) in [5.41, 5.74) is 8.37. The van der Waals surface area contributed by atoms with E-state index in [4.69, 9.17) is 15.5 Å². The van der Waals surface area contributed by atoms with Crippen LogP contribution >= 0.6 is 11.3 Å². The van der Waals surface area contributed by atoms with E-state index in [2.05, 4.69) is 50.6 Å². The zero-order valence-corrected chi connectivity index (χ0v) is 20.9. The Morgan fingerprint density at radius 3 is 2.97 bits per heavy atom. The summed E-state index contributed by atoms with van der Waals surface area (Å²) < 4.78 is 5.65. The van der Waals surface area contributed by atoms with Crippen LogP contribution in [0.15, 0.2) is 35.5 Å². The molecule has 0 saturated carbocycles. The molecule has 10 heteroatoms. The average Bonchev–Trinajstić information content (AvgIpc) is 3.50. The van der Waals surface area contributed by atoms with Crippen LogP contribution in [0.25, 0.3) is 10.9 Å².